The van der Waals surface area contributed by atoms with Crippen LogP contribution in [0.3, 0.4) is 0 Å². The molecule has 1 atom stereocenters. The molecule has 19 heavy (non-hydrogen) atoms. The van der Waals surface area contributed by atoms with Gasteiger partial charge in [0.05, 0.1) is 30.8 Å². The lowest BCUT2D eigenvalue weighted by atomic mass is 10.0. The molecule has 0 aliphatic carbocycles. The zero-order chi connectivity index (χ0) is 13.8. The molecule has 1 aromatic rings. The van der Waals surface area contributed by atoms with Crippen LogP contribution in [0, 0.1) is 0 Å². The molecule has 1 amide bonds. The molecule has 0 bridgehead atoms. The van der Waals surface area contributed by atoms with Crippen LogP contribution in [0.4, 0.5) is 0 Å². The highest BCUT2D eigenvalue weighted by molar-refractivity contribution is 5.85. The maximum Gasteiger partial charge on any atom is 0.326 e. The number of carbonyl (C=O) groups is 2. The van der Waals surface area contributed by atoms with Crippen molar-refractivity contribution in [2.24, 2.45) is 0 Å². The number of rotatable bonds is 5. The van der Waals surface area contributed by atoms with Crippen LogP contribution in [0.5, 0.6) is 0 Å². The number of aromatic amines is 1. The summed E-state index contributed by atoms with van der Waals surface area (Å²) in [6, 6.07) is -0.827. The summed E-state index contributed by atoms with van der Waals surface area (Å²) in [5.74, 6) is -1.18. The third kappa shape index (κ3) is 2.93. The molecule has 1 unspecified atom stereocenters. The highest BCUT2D eigenvalue weighted by Crippen LogP contribution is 2.20. The van der Waals surface area contributed by atoms with Gasteiger partial charge in [0.1, 0.15) is 6.04 Å². The fourth-order valence-electron chi connectivity index (χ4n) is 2.19. The van der Waals surface area contributed by atoms with Gasteiger partial charge in [-0.2, -0.15) is 0 Å². The van der Waals surface area contributed by atoms with E-state index in [4.69, 9.17) is 0 Å². The van der Waals surface area contributed by atoms with Crippen molar-refractivity contribution < 1.29 is 14.7 Å². The molecule has 3 N–H and O–H groups in total. The number of carboxylic acid groups (broad SMARTS) is 1. The summed E-state index contributed by atoms with van der Waals surface area (Å²) < 4.78 is 0. The molecule has 7 heteroatoms. The van der Waals surface area contributed by atoms with E-state index in [1.807, 2.05) is 6.92 Å². The minimum absolute atomic E-state index is 0.168. The van der Waals surface area contributed by atoms with Crippen molar-refractivity contribution in [1.82, 2.24) is 20.2 Å². The Kier molecular flexibility index (Phi) is 4.16. The van der Waals surface area contributed by atoms with Gasteiger partial charge in [0.25, 0.3) is 0 Å². The highest BCUT2D eigenvalue weighted by atomic mass is 16.4. The third-order valence-corrected chi connectivity index (χ3v) is 3.21. The Morgan fingerprint density at radius 3 is 3.11 bits per heavy atom. The summed E-state index contributed by atoms with van der Waals surface area (Å²) in [5.41, 5.74) is 1.55. The number of nitrogens with one attached hydrogen (secondary N) is 2. The first-order valence-electron chi connectivity index (χ1n) is 6.37. The molecule has 7 nitrogen and oxygen atoms in total. The fourth-order valence-corrected chi connectivity index (χ4v) is 2.19. The van der Waals surface area contributed by atoms with Crippen LogP contribution in [-0.2, 0) is 22.6 Å². The number of aromatic nitrogens is 2. The number of carboxylic acids is 1. The second kappa shape index (κ2) is 5.83. The van der Waals surface area contributed by atoms with Crippen LogP contribution in [0.15, 0.2) is 6.33 Å². The van der Waals surface area contributed by atoms with Crippen LogP contribution in [0.1, 0.15) is 24.7 Å². The first kappa shape index (κ1) is 13.5. The number of nitrogens with zero attached hydrogens (tertiary/aromatic N) is 2. The second-order valence-corrected chi connectivity index (χ2v) is 4.58. The first-order valence-corrected chi connectivity index (χ1v) is 6.37. The standard InChI is InChI=1S/C12H18N4O3/c1-2-3-13-5-11(17)16-6-9-8(14-7-15-9)4-10(16)12(18)19/h7,10,13H,2-6H2,1H3,(H,14,15)(H,18,19). The van der Waals surface area contributed by atoms with Gasteiger partial charge in [-0.25, -0.2) is 9.78 Å². The van der Waals surface area contributed by atoms with E-state index in [9.17, 15) is 14.7 Å². The van der Waals surface area contributed by atoms with Gasteiger partial charge in [-0.15, -0.1) is 0 Å². The number of imidazole rings is 1. The van der Waals surface area contributed by atoms with Gasteiger partial charge in [0.15, 0.2) is 0 Å². The number of hydrogen-bond donors (Lipinski definition) is 3. The lowest BCUT2D eigenvalue weighted by Gasteiger charge is -2.32. The van der Waals surface area contributed by atoms with Crippen LogP contribution in [0.2, 0.25) is 0 Å². The van der Waals surface area contributed by atoms with Gasteiger partial charge >= 0.3 is 5.97 Å². The Morgan fingerprint density at radius 2 is 2.42 bits per heavy atom. The largest absolute Gasteiger partial charge is 0.480 e. The summed E-state index contributed by atoms with van der Waals surface area (Å²) in [4.78, 5) is 31.8. The third-order valence-electron chi connectivity index (χ3n) is 3.21. The maximum atomic E-state index is 12.1. The predicted octanol–water partition coefficient (Wildman–Crippen LogP) is -0.253. The molecule has 2 heterocycles. The van der Waals surface area contributed by atoms with Crippen molar-refractivity contribution in [1.29, 1.82) is 0 Å². The summed E-state index contributed by atoms with van der Waals surface area (Å²) >= 11 is 0. The van der Waals surface area contributed by atoms with E-state index in [0.717, 1.165) is 24.4 Å². The second-order valence-electron chi connectivity index (χ2n) is 4.58. The molecule has 1 aliphatic rings. The molecule has 2 rings (SSSR count). The van der Waals surface area contributed by atoms with E-state index in [1.54, 1.807) is 0 Å². The molecule has 0 radical (unpaired) electrons. The van der Waals surface area contributed by atoms with Crippen molar-refractivity contribution in [2.45, 2.75) is 32.4 Å². The zero-order valence-electron chi connectivity index (χ0n) is 10.8. The number of H-pyrrole nitrogens is 1. The van der Waals surface area contributed by atoms with Crippen LogP contribution in [0.25, 0.3) is 0 Å². The summed E-state index contributed by atoms with van der Waals surface area (Å²) in [7, 11) is 0. The van der Waals surface area contributed by atoms with E-state index in [0.29, 0.717) is 0 Å². The SMILES string of the molecule is CCCNCC(=O)N1Cc2[nH]cnc2CC1C(=O)O. The average Bonchev–Trinajstić information content (AvgIpc) is 2.84. The van der Waals surface area contributed by atoms with E-state index in [2.05, 4.69) is 15.3 Å². The molecule has 0 aromatic carbocycles. The number of carbonyl (C=O) groups excluding carboxylic acids is 1. The van der Waals surface area contributed by atoms with Crippen molar-refractivity contribution in [2.75, 3.05) is 13.1 Å². The Hall–Kier alpha value is -1.89. The Balaban J connectivity index is 2.09. The summed E-state index contributed by atoms with van der Waals surface area (Å²) in [6.07, 6.45) is 2.72. The maximum absolute atomic E-state index is 12.1. The first-order chi connectivity index (χ1) is 9.13. The van der Waals surface area contributed by atoms with E-state index >= 15 is 0 Å². The van der Waals surface area contributed by atoms with Crippen molar-refractivity contribution >= 4 is 11.9 Å². The molecule has 104 valence electrons. The normalized spacial score (nSPS) is 18.2. The van der Waals surface area contributed by atoms with Crippen LogP contribution >= 0.6 is 0 Å². The Morgan fingerprint density at radius 1 is 1.63 bits per heavy atom. The van der Waals surface area contributed by atoms with Crippen molar-refractivity contribution in [3.8, 4) is 0 Å². The zero-order valence-corrected chi connectivity index (χ0v) is 10.8. The molecule has 1 aromatic heterocycles. The van der Waals surface area contributed by atoms with Gasteiger partial charge in [0.2, 0.25) is 5.91 Å². The summed E-state index contributed by atoms with van der Waals surface area (Å²) in [5, 5.41) is 12.2. The Bertz CT molecular complexity index is 471. The molecule has 1 aliphatic heterocycles. The fraction of sp³-hybridized carbons (Fsp3) is 0.583. The number of aliphatic carboxylic acids is 1. The molecule has 0 spiro atoms. The molecular weight excluding hydrogens is 248 g/mol. The van der Waals surface area contributed by atoms with Gasteiger partial charge in [-0.05, 0) is 13.0 Å². The van der Waals surface area contributed by atoms with E-state index < -0.39 is 12.0 Å². The molecule has 0 saturated heterocycles. The van der Waals surface area contributed by atoms with Crippen molar-refractivity contribution in [3.63, 3.8) is 0 Å². The van der Waals surface area contributed by atoms with Gasteiger partial charge in [0, 0.05) is 6.42 Å². The lowest BCUT2D eigenvalue weighted by molar-refractivity contribution is -0.151. The monoisotopic (exact) mass is 266 g/mol. The predicted molar refractivity (Wildman–Crippen MR) is 67.4 cm³/mol. The highest BCUT2D eigenvalue weighted by Gasteiger charge is 2.35. The lowest BCUT2D eigenvalue weighted by Crippen LogP contribution is -2.51. The quantitative estimate of drug-likeness (QED) is 0.638. The van der Waals surface area contributed by atoms with E-state index in [-0.39, 0.29) is 25.4 Å². The minimum Gasteiger partial charge on any atom is -0.480 e. The van der Waals surface area contributed by atoms with Gasteiger partial charge in [-0.1, -0.05) is 6.92 Å². The topological polar surface area (TPSA) is 98.3 Å². The minimum atomic E-state index is -0.988. The van der Waals surface area contributed by atoms with E-state index in [1.165, 1.54) is 11.2 Å². The smallest absolute Gasteiger partial charge is 0.326 e. The number of fused-ring (bicyclic) bond motifs is 1. The van der Waals surface area contributed by atoms with Crippen LogP contribution < -0.4 is 5.32 Å². The van der Waals surface area contributed by atoms with Gasteiger partial charge < -0.3 is 20.3 Å². The molecule has 0 saturated carbocycles. The summed E-state index contributed by atoms with van der Waals surface area (Å²) in [6.45, 7) is 3.20. The van der Waals surface area contributed by atoms with Crippen molar-refractivity contribution in [3.05, 3.63) is 17.7 Å². The molecule has 0 fully saturated rings. The number of hydrogen-bond acceptors (Lipinski definition) is 4. The number of amides is 1. The van der Waals surface area contributed by atoms with Gasteiger partial charge in [-0.3, -0.25) is 4.79 Å². The molecular formula is C12H18N4O3. The van der Waals surface area contributed by atoms with Crippen LogP contribution in [-0.4, -0.2) is 51.0 Å². The average molecular weight is 266 g/mol. The Labute approximate surface area is 111 Å².